The zero-order valence-corrected chi connectivity index (χ0v) is 7.32. The number of Topliss-reactive ketones (excluding diaryl/α,β-unsaturated/α-hetero) is 1. The lowest BCUT2D eigenvalue weighted by atomic mass is 10.2. The van der Waals surface area contributed by atoms with Gasteiger partial charge in [0.1, 0.15) is 0 Å². The van der Waals surface area contributed by atoms with Crippen LogP contribution in [0.4, 0.5) is 4.39 Å². The van der Waals surface area contributed by atoms with E-state index in [4.69, 9.17) is 5.11 Å². The largest absolute Gasteiger partial charge is 0.460 e. The van der Waals surface area contributed by atoms with Gasteiger partial charge >= 0.3 is 5.97 Å². The van der Waals surface area contributed by atoms with Gasteiger partial charge < -0.3 is 14.5 Å². The van der Waals surface area contributed by atoms with Crippen LogP contribution in [-0.4, -0.2) is 44.0 Å². The van der Waals surface area contributed by atoms with Gasteiger partial charge in [0.05, 0.1) is 6.61 Å². The maximum atomic E-state index is 12.7. The van der Waals surface area contributed by atoms with Gasteiger partial charge in [-0.1, -0.05) is 0 Å². The van der Waals surface area contributed by atoms with Gasteiger partial charge in [0.25, 0.3) is 13.8 Å². The van der Waals surface area contributed by atoms with E-state index in [1.54, 1.807) is 0 Å². The van der Waals surface area contributed by atoms with Crippen LogP contribution in [0.25, 0.3) is 0 Å². The van der Waals surface area contributed by atoms with Crippen LogP contribution in [-0.2, 0) is 19.0 Å². The number of carbonyl (C=O) groups is 2. The number of esters is 1. The normalized spacial score (nSPS) is 14.7. The van der Waals surface area contributed by atoms with Crippen molar-refractivity contribution in [2.75, 3.05) is 6.61 Å². The topological polar surface area (TPSA) is 72.8 Å². The fraction of sp³-hybridized carbons (Fsp3) is 0.667. The summed E-state index contributed by atoms with van der Waals surface area (Å²) in [6.45, 7) is 1.45. The predicted octanol–water partition coefficient (Wildman–Crippen LogP) is -1.66. The van der Waals surface area contributed by atoms with Crippen LogP contribution in [0.2, 0.25) is 0 Å². The first-order valence-corrected chi connectivity index (χ1v) is 3.60. The molecule has 0 saturated heterocycles. The minimum absolute atomic E-state index is 0.0274. The smallest absolute Gasteiger partial charge is 0.377 e. The third-order valence-corrected chi connectivity index (χ3v) is 1.22. The summed E-state index contributed by atoms with van der Waals surface area (Å²) < 4.78 is 21.1. The van der Waals surface area contributed by atoms with E-state index in [-0.39, 0.29) is 6.61 Å². The molecule has 2 atom stereocenters. The minimum atomic E-state index is -2.40. The molecule has 0 spiro atoms. The molecule has 0 heterocycles. The Morgan fingerprint density at radius 1 is 1.62 bits per heavy atom. The number of hydrogen-bond acceptors (Lipinski definition) is 5. The van der Waals surface area contributed by atoms with Gasteiger partial charge in [-0.3, -0.25) is 4.79 Å². The van der Waals surface area contributed by atoms with Crippen LogP contribution in [0, 0.1) is 0 Å². The van der Waals surface area contributed by atoms with Crippen molar-refractivity contribution in [3.8, 4) is 0 Å². The van der Waals surface area contributed by atoms with Crippen molar-refractivity contribution in [2.45, 2.75) is 19.4 Å². The minimum Gasteiger partial charge on any atom is -0.460 e. The standard InChI is InChI=1S/C6H10BFO5/c1-2-12-6(11)4(9)3(8)5(10)13-7/h3,5,10H,2,7H2,1H3. The van der Waals surface area contributed by atoms with Crippen LogP contribution in [0.1, 0.15) is 6.92 Å². The Kier molecular flexibility index (Phi) is 5.25. The van der Waals surface area contributed by atoms with Crippen molar-refractivity contribution >= 4 is 19.8 Å². The molecule has 0 aromatic rings. The Labute approximate surface area is 75.3 Å². The predicted molar refractivity (Wildman–Crippen MR) is 42.2 cm³/mol. The summed E-state index contributed by atoms with van der Waals surface area (Å²) >= 11 is 0. The number of alkyl halides is 1. The van der Waals surface area contributed by atoms with E-state index >= 15 is 0 Å². The molecule has 7 heteroatoms. The molecule has 1 N–H and O–H groups in total. The number of rotatable bonds is 5. The fourth-order valence-electron chi connectivity index (χ4n) is 0.564. The first-order chi connectivity index (χ1) is 6.04. The number of ketones is 1. The van der Waals surface area contributed by atoms with Crippen LogP contribution in [0.15, 0.2) is 0 Å². The first kappa shape index (κ1) is 12.1. The van der Waals surface area contributed by atoms with Gasteiger partial charge in [-0.2, -0.15) is 0 Å². The molecule has 0 fully saturated rings. The highest BCUT2D eigenvalue weighted by atomic mass is 19.1. The van der Waals surface area contributed by atoms with Crippen molar-refractivity contribution in [3.63, 3.8) is 0 Å². The second-order valence-electron chi connectivity index (χ2n) is 2.11. The van der Waals surface area contributed by atoms with E-state index in [2.05, 4.69) is 9.39 Å². The average molecular weight is 192 g/mol. The van der Waals surface area contributed by atoms with Gasteiger partial charge in [-0.25, -0.2) is 9.18 Å². The van der Waals surface area contributed by atoms with Crippen LogP contribution >= 0.6 is 0 Å². The number of hydrogen-bond donors (Lipinski definition) is 1. The van der Waals surface area contributed by atoms with Crippen LogP contribution < -0.4 is 0 Å². The number of halogens is 1. The van der Waals surface area contributed by atoms with Crippen LogP contribution in [0.3, 0.4) is 0 Å². The molecule has 5 nitrogen and oxygen atoms in total. The zero-order chi connectivity index (χ0) is 10.4. The monoisotopic (exact) mass is 192 g/mol. The highest BCUT2D eigenvalue weighted by Crippen LogP contribution is 2.02. The quantitative estimate of drug-likeness (QED) is 0.244. The molecule has 74 valence electrons. The Hall–Kier alpha value is -0.945. The molecular formula is C6H10BFO5. The lowest BCUT2D eigenvalue weighted by Gasteiger charge is -2.11. The molecule has 0 bridgehead atoms. The second-order valence-corrected chi connectivity index (χ2v) is 2.11. The Morgan fingerprint density at radius 2 is 2.15 bits per heavy atom. The summed E-state index contributed by atoms with van der Waals surface area (Å²) in [7, 11) is 1.01. The molecule has 0 aliphatic rings. The van der Waals surface area contributed by atoms with Gasteiger partial charge in [0.15, 0.2) is 6.29 Å². The maximum Gasteiger partial charge on any atom is 0.377 e. The molecule has 13 heavy (non-hydrogen) atoms. The summed E-state index contributed by atoms with van der Waals surface area (Å²) in [4.78, 5) is 21.4. The van der Waals surface area contributed by atoms with Crippen molar-refractivity contribution in [3.05, 3.63) is 0 Å². The van der Waals surface area contributed by atoms with Gasteiger partial charge in [-0.15, -0.1) is 0 Å². The van der Waals surface area contributed by atoms with Crippen molar-refractivity contribution in [1.29, 1.82) is 0 Å². The lowest BCUT2D eigenvalue weighted by Crippen LogP contribution is -2.37. The molecule has 0 rings (SSSR count). The summed E-state index contributed by atoms with van der Waals surface area (Å²) in [6.07, 6.45) is -4.33. The Morgan fingerprint density at radius 3 is 2.54 bits per heavy atom. The molecule has 0 radical (unpaired) electrons. The van der Waals surface area contributed by atoms with Crippen LogP contribution in [0.5, 0.6) is 0 Å². The van der Waals surface area contributed by atoms with E-state index in [1.807, 2.05) is 0 Å². The van der Waals surface area contributed by atoms with Gasteiger partial charge in [0.2, 0.25) is 6.17 Å². The van der Waals surface area contributed by atoms with Crippen molar-refractivity contribution < 1.29 is 28.5 Å². The second kappa shape index (κ2) is 5.66. The number of aliphatic hydroxyl groups is 1. The molecule has 0 saturated carbocycles. The van der Waals surface area contributed by atoms with Crippen molar-refractivity contribution in [1.82, 2.24) is 0 Å². The first-order valence-electron chi connectivity index (χ1n) is 3.60. The van der Waals surface area contributed by atoms with E-state index in [1.165, 1.54) is 6.92 Å². The van der Waals surface area contributed by atoms with Gasteiger partial charge in [-0.05, 0) is 6.92 Å². The molecular weight excluding hydrogens is 182 g/mol. The third kappa shape index (κ3) is 3.52. The average Bonchev–Trinajstić information content (AvgIpc) is 2.14. The van der Waals surface area contributed by atoms with Gasteiger partial charge in [0, 0.05) is 0 Å². The lowest BCUT2D eigenvalue weighted by molar-refractivity contribution is -0.162. The highest BCUT2D eigenvalue weighted by molar-refractivity contribution is 6.35. The highest BCUT2D eigenvalue weighted by Gasteiger charge is 2.32. The summed E-state index contributed by atoms with van der Waals surface area (Å²) in [5, 5.41) is 8.69. The Bertz CT molecular complexity index is 197. The zero-order valence-electron chi connectivity index (χ0n) is 7.32. The van der Waals surface area contributed by atoms with E-state index in [0.717, 1.165) is 8.05 Å². The molecule has 0 amide bonds. The van der Waals surface area contributed by atoms with Crippen molar-refractivity contribution in [2.24, 2.45) is 0 Å². The van der Waals surface area contributed by atoms with E-state index in [9.17, 15) is 14.0 Å². The van der Waals surface area contributed by atoms with E-state index < -0.39 is 24.2 Å². The number of carbonyl (C=O) groups excluding carboxylic acids is 2. The molecule has 0 aliphatic heterocycles. The maximum absolute atomic E-state index is 12.7. The summed E-state index contributed by atoms with van der Waals surface area (Å²) in [5.41, 5.74) is 0. The molecule has 0 aromatic carbocycles. The number of aliphatic hydroxyl groups excluding tert-OH is 1. The number of ether oxygens (including phenoxy) is 1. The third-order valence-electron chi connectivity index (χ3n) is 1.22. The SMILES string of the molecule is BOC(O)C(F)C(=O)C(=O)OCC. The molecule has 2 unspecified atom stereocenters. The summed E-state index contributed by atoms with van der Waals surface area (Å²) in [6, 6.07) is 0. The molecule has 0 aliphatic carbocycles. The summed E-state index contributed by atoms with van der Waals surface area (Å²) in [5.74, 6) is -2.76. The fourth-order valence-corrected chi connectivity index (χ4v) is 0.564. The van der Waals surface area contributed by atoms with E-state index in [0.29, 0.717) is 0 Å². The molecule has 0 aromatic heterocycles. The Balaban J connectivity index is 4.17.